The van der Waals surface area contributed by atoms with Gasteiger partial charge in [0.25, 0.3) is 0 Å². The molecular weight excluding hydrogens is 458 g/mol. The van der Waals surface area contributed by atoms with E-state index in [2.05, 4.69) is 27.8 Å². The molecular formula is C27H27N5O4. The van der Waals surface area contributed by atoms with Gasteiger partial charge in [-0.3, -0.25) is 4.79 Å². The van der Waals surface area contributed by atoms with Crippen molar-refractivity contribution in [1.82, 2.24) is 10.3 Å². The van der Waals surface area contributed by atoms with Crippen LogP contribution in [0.1, 0.15) is 53.9 Å². The number of carbonyl (C=O) groups excluding carboxylic acids is 1. The zero-order valence-corrected chi connectivity index (χ0v) is 20.1. The molecule has 0 fully saturated rings. The molecule has 1 spiro atoms. The van der Waals surface area contributed by atoms with Crippen molar-refractivity contribution in [3.63, 3.8) is 0 Å². The number of nitrogens with zero attached hydrogens (tertiary/aromatic N) is 2. The summed E-state index contributed by atoms with van der Waals surface area (Å²) in [5, 5.41) is 6.64. The number of hydrogen-bond acceptors (Lipinski definition) is 8. The lowest BCUT2D eigenvalue weighted by Gasteiger charge is -2.28. The fourth-order valence-electron chi connectivity index (χ4n) is 5.83. The molecule has 4 bridgehead atoms. The van der Waals surface area contributed by atoms with Gasteiger partial charge in [0.05, 0.1) is 12.6 Å². The minimum atomic E-state index is -0.828. The number of amides is 1. The first-order chi connectivity index (χ1) is 17.5. The van der Waals surface area contributed by atoms with Crippen LogP contribution in [0, 0.1) is 5.92 Å². The van der Waals surface area contributed by atoms with Gasteiger partial charge in [-0.2, -0.15) is 0 Å². The van der Waals surface area contributed by atoms with Crippen molar-refractivity contribution in [3.05, 3.63) is 76.5 Å². The Labute approximate surface area is 208 Å². The first-order valence-electron chi connectivity index (χ1n) is 12.4. The summed E-state index contributed by atoms with van der Waals surface area (Å²) < 4.78 is 19.1. The summed E-state index contributed by atoms with van der Waals surface area (Å²) in [5.74, 6) is 1.95. The summed E-state index contributed by atoms with van der Waals surface area (Å²) in [6.07, 6.45) is -0.0557. The van der Waals surface area contributed by atoms with Crippen LogP contribution in [-0.2, 0) is 21.4 Å². The molecule has 1 aromatic heterocycles. The van der Waals surface area contributed by atoms with Crippen molar-refractivity contribution in [1.29, 1.82) is 0 Å². The van der Waals surface area contributed by atoms with Crippen molar-refractivity contribution < 1.29 is 18.7 Å². The lowest BCUT2D eigenvalue weighted by Crippen LogP contribution is -2.45. The summed E-state index contributed by atoms with van der Waals surface area (Å²) in [4.78, 5) is 22.6. The fourth-order valence-corrected chi connectivity index (χ4v) is 5.83. The molecule has 9 heteroatoms. The quantitative estimate of drug-likeness (QED) is 0.510. The molecule has 36 heavy (non-hydrogen) atoms. The number of nitrogens with one attached hydrogen (secondary N) is 2. The van der Waals surface area contributed by atoms with E-state index in [0.29, 0.717) is 42.8 Å². The van der Waals surface area contributed by atoms with Crippen LogP contribution in [0.25, 0.3) is 0 Å². The third kappa shape index (κ3) is 2.83. The Morgan fingerprint density at radius 1 is 1.14 bits per heavy atom. The highest BCUT2D eigenvalue weighted by atomic mass is 16.5. The second-order valence-electron chi connectivity index (χ2n) is 10.1. The Morgan fingerprint density at radius 3 is 2.81 bits per heavy atom. The van der Waals surface area contributed by atoms with E-state index in [1.165, 1.54) is 0 Å². The summed E-state index contributed by atoms with van der Waals surface area (Å²) in [7, 11) is 0. The maximum atomic E-state index is 13.1. The predicted octanol–water partition coefficient (Wildman–Crippen LogP) is 2.63. The number of aliphatic imine (C=N–C) groups is 1. The number of carbonyl (C=O) groups is 1. The fraction of sp³-hybridized carbons (Fsp3) is 0.370. The average molecular weight is 486 g/mol. The minimum absolute atomic E-state index is 0.00498. The van der Waals surface area contributed by atoms with E-state index >= 15 is 0 Å². The lowest BCUT2D eigenvalue weighted by molar-refractivity contribution is -0.123. The van der Waals surface area contributed by atoms with Gasteiger partial charge < -0.3 is 30.3 Å². The first-order valence-corrected chi connectivity index (χ1v) is 12.4. The Kier molecular flexibility index (Phi) is 4.51. The summed E-state index contributed by atoms with van der Waals surface area (Å²) in [6, 6.07) is 12.9. The van der Waals surface area contributed by atoms with Gasteiger partial charge in [0, 0.05) is 11.3 Å². The molecule has 4 N–H and O–H groups in total. The predicted molar refractivity (Wildman–Crippen MR) is 132 cm³/mol. The summed E-state index contributed by atoms with van der Waals surface area (Å²) in [5.41, 5.74) is 9.97. The molecule has 1 amide bonds. The van der Waals surface area contributed by atoms with Gasteiger partial charge in [-0.1, -0.05) is 44.2 Å². The number of aromatic nitrogens is 1. The van der Waals surface area contributed by atoms with E-state index in [4.69, 9.17) is 24.6 Å². The van der Waals surface area contributed by atoms with Gasteiger partial charge in [0.2, 0.25) is 17.7 Å². The van der Waals surface area contributed by atoms with E-state index in [1.807, 2.05) is 44.2 Å². The highest BCUT2D eigenvalue weighted by Crippen LogP contribution is 2.58. The van der Waals surface area contributed by atoms with Crippen molar-refractivity contribution in [2.24, 2.45) is 16.6 Å². The Hall–Kier alpha value is -3.85. The Bertz CT molecular complexity index is 1430. The zero-order valence-electron chi connectivity index (χ0n) is 20.1. The summed E-state index contributed by atoms with van der Waals surface area (Å²) >= 11 is 0. The van der Waals surface area contributed by atoms with Crippen molar-refractivity contribution in [3.8, 4) is 5.75 Å². The van der Waals surface area contributed by atoms with E-state index in [-0.39, 0.29) is 11.8 Å². The smallest absolute Gasteiger partial charge is 0.239 e. The number of anilines is 1. The van der Waals surface area contributed by atoms with Gasteiger partial charge in [-0.15, -0.1) is 0 Å². The third-order valence-corrected chi connectivity index (χ3v) is 7.56. The van der Waals surface area contributed by atoms with Gasteiger partial charge in [0.1, 0.15) is 23.8 Å². The Morgan fingerprint density at radius 2 is 2.00 bits per heavy atom. The van der Waals surface area contributed by atoms with Crippen molar-refractivity contribution in [2.75, 3.05) is 18.5 Å². The van der Waals surface area contributed by atoms with Gasteiger partial charge in [0.15, 0.2) is 17.7 Å². The summed E-state index contributed by atoms with van der Waals surface area (Å²) in [6.45, 7) is 5.07. The van der Waals surface area contributed by atoms with Crippen LogP contribution in [0.15, 0.2) is 51.9 Å². The second kappa shape index (κ2) is 7.57. The van der Waals surface area contributed by atoms with Crippen LogP contribution in [0.5, 0.6) is 5.75 Å². The van der Waals surface area contributed by atoms with Crippen molar-refractivity contribution >= 4 is 17.5 Å². The first kappa shape index (κ1) is 21.4. The molecule has 7 rings (SSSR count). The van der Waals surface area contributed by atoms with Crippen LogP contribution in [0.3, 0.4) is 0 Å². The van der Waals surface area contributed by atoms with Crippen LogP contribution in [-0.4, -0.2) is 42.2 Å². The highest BCUT2D eigenvalue weighted by Gasteiger charge is 2.61. The molecule has 2 aromatic carbocycles. The number of oxazole rings is 1. The minimum Gasteiger partial charge on any atom is -0.474 e. The maximum Gasteiger partial charge on any atom is 0.239 e. The third-order valence-electron chi connectivity index (χ3n) is 7.56. The van der Waals surface area contributed by atoms with Gasteiger partial charge in [-0.05, 0) is 35.6 Å². The van der Waals surface area contributed by atoms with Crippen molar-refractivity contribution in [2.45, 2.75) is 44.0 Å². The van der Waals surface area contributed by atoms with E-state index in [1.54, 1.807) is 0 Å². The number of hydrogen-bond donors (Lipinski definition) is 3. The van der Waals surface area contributed by atoms with Crippen LogP contribution < -0.4 is 21.1 Å². The second-order valence-corrected chi connectivity index (χ2v) is 10.1. The van der Waals surface area contributed by atoms with Gasteiger partial charge >= 0.3 is 0 Å². The SMILES string of the molecule is CC(C)[C@@H]1NC(=O)[C@@H](N)Cc2ccc3c(c2)C2(c4ccccc4NC2O3)c2oc1nc2C1=NCCO1. The molecule has 0 saturated heterocycles. The van der Waals surface area contributed by atoms with E-state index in [0.717, 1.165) is 28.1 Å². The monoisotopic (exact) mass is 485 g/mol. The van der Waals surface area contributed by atoms with Crippen LogP contribution in [0.2, 0.25) is 0 Å². The standard InChI is InChI=1S/C27H27N5O4/c1-13(2)20-25-32-21(24-29-9-10-34-24)22(36-25)27-15-5-3-4-6-18(15)30-26(27)35-19-8-7-14(11-16(19)27)12-17(28)23(33)31-20/h3-8,11,13,17,20,26,30H,9-10,12,28H2,1-2H3,(H,31,33)/t17-,20-,26?,27?/m0/s1. The number of fused-ring (bicyclic) bond motifs is 4. The van der Waals surface area contributed by atoms with Crippen LogP contribution in [0.4, 0.5) is 5.69 Å². The molecule has 0 radical (unpaired) electrons. The number of benzene rings is 2. The molecule has 0 aliphatic carbocycles. The largest absolute Gasteiger partial charge is 0.474 e. The number of rotatable bonds is 2. The van der Waals surface area contributed by atoms with Crippen LogP contribution >= 0.6 is 0 Å². The molecule has 4 aliphatic rings. The Balaban J connectivity index is 1.58. The molecule has 184 valence electrons. The maximum absolute atomic E-state index is 13.1. The van der Waals surface area contributed by atoms with E-state index in [9.17, 15) is 4.79 Å². The molecule has 9 nitrogen and oxygen atoms in total. The zero-order chi connectivity index (χ0) is 24.6. The normalized spacial score (nSPS) is 27.6. The highest BCUT2D eigenvalue weighted by molar-refractivity contribution is 5.95. The molecule has 3 aromatic rings. The number of nitrogens with two attached hydrogens (primary N) is 1. The number of para-hydroxylation sites is 1. The van der Waals surface area contributed by atoms with E-state index < -0.39 is 23.7 Å². The molecule has 4 aliphatic heterocycles. The molecule has 5 heterocycles. The molecule has 4 atom stereocenters. The molecule has 0 saturated carbocycles. The lowest BCUT2D eigenvalue weighted by atomic mass is 9.72. The topological polar surface area (TPSA) is 124 Å². The van der Waals surface area contributed by atoms with Gasteiger partial charge in [-0.25, -0.2) is 9.98 Å². The molecule has 2 unspecified atom stereocenters. The number of ether oxygens (including phenoxy) is 2. The average Bonchev–Trinajstić information content (AvgIpc) is 3.63.